The number of pyridine rings is 1. The Balaban J connectivity index is 2.24. The Kier molecular flexibility index (Phi) is 7.58. The summed E-state index contributed by atoms with van der Waals surface area (Å²) in [6, 6.07) is 1.93. The third kappa shape index (κ3) is 6.52. The van der Waals surface area contributed by atoms with Crippen LogP contribution in [0.2, 0.25) is 18.1 Å². The normalized spacial score (nSPS) is 18.2. The van der Waals surface area contributed by atoms with Crippen molar-refractivity contribution in [3.8, 4) is 5.88 Å². The lowest BCUT2D eigenvalue weighted by Gasteiger charge is -2.36. The molecule has 2 heterocycles. The molecular weight excluding hydrogens is 412 g/mol. The lowest BCUT2D eigenvalue weighted by atomic mass is 9.90. The zero-order chi connectivity index (χ0) is 23.6. The first-order valence-corrected chi connectivity index (χ1v) is 13.7. The smallest absolute Gasteiger partial charge is 0.410 e. The van der Waals surface area contributed by atoms with Crippen LogP contribution in [-0.2, 0) is 20.6 Å². The molecule has 1 unspecified atom stereocenters. The molecule has 0 bridgehead atoms. The van der Waals surface area contributed by atoms with E-state index in [4.69, 9.17) is 13.9 Å². The number of methoxy groups -OCH3 is 1. The highest BCUT2D eigenvalue weighted by Crippen LogP contribution is 2.38. The lowest BCUT2D eigenvalue weighted by molar-refractivity contribution is -0.123. The average Bonchev–Trinajstić information content (AvgIpc) is 2.64. The van der Waals surface area contributed by atoms with Crippen LogP contribution in [0, 0.1) is 0 Å². The van der Waals surface area contributed by atoms with E-state index in [2.05, 4.69) is 38.8 Å². The predicted octanol–water partition coefficient (Wildman–Crippen LogP) is 4.91. The van der Waals surface area contributed by atoms with Gasteiger partial charge in [0.2, 0.25) is 5.88 Å². The van der Waals surface area contributed by atoms with Gasteiger partial charge in [-0.05, 0) is 50.5 Å². The van der Waals surface area contributed by atoms with Gasteiger partial charge in [0.15, 0.2) is 8.32 Å². The fraction of sp³-hybridized carbons (Fsp3) is 0.696. The van der Waals surface area contributed by atoms with Crippen LogP contribution in [-0.4, -0.2) is 55.9 Å². The van der Waals surface area contributed by atoms with Gasteiger partial charge in [0.1, 0.15) is 11.4 Å². The number of piperidine rings is 1. The second kappa shape index (κ2) is 9.28. The molecule has 31 heavy (non-hydrogen) atoms. The molecule has 7 nitrogen and oxygen atoms in total. The largest absolute Gasteiger partial charge is 0.481 e. The van der Waals surface area contributed by atoms with Crippen molar-refractivity contribution in [3.05, 3.63) is 23.4 Å². The summed E-state index contributed by atoms with van der Waals surface area (Å²) in [4.78, 5) is 31.2. The SMILES string of the molecule is COc1ncc(C2CN(C(=O)OC(C)(C)C)CCC2=O)cc1CO[Si](C)(C)C(C)(C)C. The van der Waals surface area contributed by atoms with E-state index in [1.54, 1.807) is 18.2 Å². The Bertz CT molecular complexity index is 811. The molecule has 0 aromatic carbocycles. The van der Waals surface area contributed by atoms with Crippen LogP contribution in [0.1, 0.15) is 65.0 Å². The lowest BCUT2D eigenvalue weighted by Crippen LogP contribution is -2.45. The summed E-state index contributed by atoms with van der Waals surface area (Å²) in [6.45, 7) is 17.5. The maximum atomic E-state index is 12.7. The van der Waals surface area contributed by atoms with Crippen LogP contribution in [0.4, 0.5) is 4.79 Å². The van der Waals surface area contributed by atoms with Gasteiger partial charge in [-0.3, -0.25) is 4.79 Å². The molecule has 1 aliphatic heterocycles. The number of hydrogen-bond acceptors (Lipinski definition) is 6. The average molecular weight is 451 g/mol. The zero-order valence-electron chi connectivity index (χ0n) is 20.5. The van der Waals surface area contributed by atoms with E-state index >= 15 is 0 Å². The number of carbonyl (C=O) groups is 2. The molecule has 2 rings (SSSR count). The van der Waals surface area contributed by atoms with E-state index in [1.807, 2.05) is 26.8 Å². The first-order valence-electron chi connectivity index (χ1n) is 10.8. The van der Waals surface area contributed by atoms with Crippen molar-refractivity contribution in [2.24, 2.45) is 0 Å². The first-order chi connectivity index (χ1) is 14.1. The second-order valence-corrected chi connectivity index (χ2v) is 15.5. The number of nitrogens with zero attached hydrogens (tertiary/aromatic N) is 2. The summed E-state index contributed by atoms with van der Waals surface area (Å²) in [5.74, 6) is 0.157. The number of rotatable bonds is 5. The highest BCUT2D eigenvalue weighted by atomic mass is 28.4. The summed E-state index contributed by atoms with van der Waals surface area (Å²) in [6.07, 6.45) is 1.56. The van der Waals surface area contributed by atoms with Crippen molar-refractivity contribution in [1.29, 1.82) is 0 Å². The molecule has 0 aliphatic carbocycles. The van der Waals surface area contributed by atoms with Gasteiger partial charge in [-0.1, -0.05) is 20.8 Å². The molecule has 0 spiro atoms. The van der Waals surface area contributed by atoms with Crippen LogP contribution in [0.25, 0.3) is 0 Å². The van der Waals surface area contributed by atoms with Crippen molar-refractivity contribution < 1.29 is 23.5 Å². The molecule has 174 valence electrons. The number of hydrogen-bond donors (Lipinski definition) is 0. The molecule has 8 heteroatoms. The molecule has 0 saturated carbocycles. The number of ketones is 1. The van der Waals surface area contributed by atoms with Crippen molar-refractivity contribution >= 4 is 20.2 Å². The topological polar surface area (TPSA) is 78.0 Å². The van der Waals surface area contributed by atoms with E-state index in [0.29, 0.717) is 25.5 Å². The summed E-state index contributed by atoms with van der Waals surface area (Å²) < 4.78 is 17.3. The van der Waals surface area contributed by atoms with Crippen LogP contribution in [0.15, 0.2) is 12.3 Å². The molecule has 1 atom stereocenters. The van der Waals surface area contributed by atoms with Crippen LogP contribution >= 0.6 is 0 Å². The maximum absolute atomic E-state index is 12.7. The molecule has 1 fully saturated rings. The molecule has 1 aromatic rings. The summed E-state index contributed by atoms with van der Waals surface area (Å²) in [7, 11) is -0.385. The molecular formula is C23H38N2O5Si. The number of Topliss-reactive ketones (excluding diaryl/α,β-unsaturated/α-hetero) is 1. The number of aromatic nitrogens is 1. The number of amides is 1. The summed E-state index contributed by atoms with van der Waals surface area (Å²) >= 11 is 0. The van der Waals surface area contributed by atoms with Gasteiger partial charge in [0.25, 0.3) is 0 Å². The standard InChI is InChI=1S/C23H38N2O5Si/c1-22(2,3)30-21(27)25-11-10-19(26)18(14-25)16-12-17(20(28-7)24-13-16)15-29-31(8,9)23(4,5)6/h12-13,18H,10-11,14-15H2,1-9H3. The van der Waals surface area contributed by atoms with Crippen molar-refractivity contribution in [3.63, 3.8) is 0 Å². The van der Waals surface area contributed by atoms with E-state index in [9.17, 15) is 9.59 Å². The molecule has 0 radical (unpaired) electrons. The van der Waals surface area contributed by atoms with Gasteiger partial charge in [-0.15, -0.1) is 0 Å². The summed E-state index contributed by atoms with van der Waals surface area (Å²) in [5, 5.41) is 0.0819. The Morgan fingerprint density at radius 2 is 1.87 bits per heavy atom. The molecule has 0 N–H and O–H groups in total. The van der Waals surface area contributed by atoms with Gasteiger partial charge < -0.3 is 18.8 Å². The fourth-order valence-corrected chi connectivity index (χ4v) is 4.03. The molecule has 1 amide bonds. The quantitative estimate of drug-likeness (QED) is 0.594. The minimum atomic E-state index is -1.96. The van der Waals surface area contributed by atoms with Gasteiger partial charge in [-0.2, -0.15) is 0 Å². The van der Waals surface area contributed by atoms with Gasteiger partial charge in [0.05, 0.1) is 19.6 Å². The minimum Gasteiger partial charge on any atom is -0.481 e. The molecule has 1 saturated heterocycles. The minimum absolute atomic E-state index is 0.0819. The first kappa shape index (κ1) is 25.3. The number of carbonyl (C=O) groups excluding carboxylic acids is 2. The van der Waals surface area contributed by atoms with E-state index in [1.165, 1.54) is 0 Å². The Labute approximate surface area is 187 Å². The Hall–Kier alpha value is -1.93. The van der Waals surface area contributed by atoms with Crippen molar-refractivity contribution in [1.82, 2.24) is 9.88 Å². The van der Waals surface area contributed by atoms with Gasteiger partial charge >= 0.3 is 6.09 Å². The van der Waals surface area contributed by atoms with Crippen LogP contribution in [0.3, 0.4) is 0 Å². The van der Waals surface area contributed by atoms with E-state index in [0.717, 1.165) is 11.1 Å². The highest BCUT2D eigenvalue weighted by molar-refractivity contribution is 6.74. The maximum Gasteiger partial charge on any atom is 0.410 e. The zero-order valence-corrected chi connectivity index (χ0v) is 21.5. The van der Waals surface area contributed by atoms with E-state index in [-0.39, 0.29) is 17.4 Å². The molecule has 1 aliphatic rings. The van der Waals surface area contributed by atoms with Crippen LogP contribution in [0.5, 0.6) is 5.88 Å². The third-order valence-electron chi connectivity index (χ3n) is 6.01. The van der Waals surface area contributed by atoms with E-state index < -0.39 is 25.9 Å². The van der Waals surface area contributed by atoms with Crippen molar-refractivity contribution in [2.45, 2.75) is 84.2 Å². The van der Waals surface area contributed by atoms with Crippen LogP contribution < -0.4 is 4.74 Å². The monoisotopic (exact) mass is 450 g/mol. The van der Waals surface area contributed by atoms with Gasteiger partial charge in [-0.25, -0.2) is 9.78 Å². The number of ether oxygens (including phenoxy) is 2. The predicted molar refractivity (Wildman–Crippen MR) is 123 cm³/mol. The fourth-order valence-electron chi connectivity index (χ4n) is 3.09. The summed E-state index contributed by atoms with van der Waals surface area (Å²) in [5.41, 5.74) is 1.00. The Morgan fingerprint density at radius 1 is 1.23 bits per heavy atom. The Morgan fingerprint density at radius 3 is 2.42 bits per heavy atom. The van der Waals surface area contributed by atoms with Gasteiger partial charge in [0, 0.05) is 31.3 Å². The second-order valence-electron chi connectivity index (χ2n) is 10.7. The molecule has 1 aromatic heterocycles. The highest BCUT2D eigenvalue weighted by Gasteiger charge is 2.38. The van der Waals surface area contributed by atoms with Crippen molar-refractivity contribution in [2.75, 3.05) is 20.2 Å². The number of likely N-dealkylation sites (tertiary alicyclic amines) is 1. The third-order valence-corrected chi connectivity index (χ3v) is 10.5.